The van der Waals surface area contributed by atoms with E-state index in [1.54, 1.807) is 13.8 Å². The van der Waals surface area contributed by atoms with Gasteiger partial charge in [-0.2, -0.15) is 0 Å². The molecular formula is C12H17NO4S. The third kappa shape index (κ3) is 3.30. The minimum absolute atomic E-state index is 0.147. The molecule has 0 fully saturated rings. The van der Waals surface area contributed by atoms with Gasteiger partial charge in [-0.15, -0.1) is 0 Å². The summed E-state index contributed by atoms with van der Waals surface area (Å²) in [5, 5.41) is 0. The van der Waals surface area contributed by atoms with Gasteiger partial charge in [-0.1, -0.05) is 0 Å². The Kier molecular flexibility index (Phi) is 4.48. The summed E-state index contributed by atoms with van der Waals surface area (Å²) in [7, 11) is -0.552. The zero-order valence-corrected chi connectivity index (χ0v) is 11.7. The van der Waals surface area contributed by atoms with Crippen LogP contribution < -0.4 is 0 Å². The van der Waals surface area contributed by atoms with E-state index in [2.05, 4.69) is 0 Å². The smallest absolute Gasteiger partial charge is 0.338 e. The van der Waals surface area contributed by atoms with Crippen molar-refractivity contribution in [1.82, 2.24) is 4.31 Å². The van der Waals surface area contributed by atoms with Crippen molar-refractivity contribution >= 4 is 16.0 Å². The van der Waals surface area contributed by atoms with Crippen LogP contribution in [0.2, 0.25) is 0 Å². The lowest BCUT2D eigenvalue weighted by Gasteiger charge is -2.12. The van der Waals surface area contributed by atoms with Crippen LogP contribution in [0.3, 0.4) is 0 Å². The molecule has 0 aliphatic carbocycles. The van der Waals surface area contributed by atoms with Crippen molar-refractivity contribution in [3.8, 4) is 0 Å². The number of hydrogen-bond donors (Lipinski definition) is 0. The van der Waals surface area contributed by atoms with Gasteiger partial charge in [0.1, 0.15) is 0 Å². The molecule has 0 amide bonds. The molecule has 0 unspecified atom stereocenters. The van der Waals surface area contributed by atoms with E-state index >= 15 is 0 Å². The minimum atomic E-state index is -3.46. The van der Waals surface area contributed by atoms with E-state index in [9.17, 15) is 13.2 Å². The van der Waals surface area contributed by atoms with Gasteiger partial charge in [0, 0.05) is 14.1 Å². The highest BCUT2D eigenvalue weighted by Crippen LogP contribution is 2.14. The van der Waals surface area contributed by atoms with Crippen molar-refractivity contribution in [2.45, 2.75) is 24.8 Å². The van der Waals surface area contributed by atoms with Crippen LogP contribution in [0.4, 0.5) is 0 Å². The molecule has 0 atom stereocenters. The van der Waals surface area contributed by atoms with Crippen LogP contribution >= 0.6 is 0 Å². The average Bonchev–Trinajstić information content (AvgIpc) is 2.28. The van der Waals surface area contributed by atoms with Crippen LogP contribution in [0, 0.1) is 0 Å². The molecule has 6 heteroatoms. The Morgan fingerprint density at radius 2 is 1.67 bits per heavy atom. The first-order valence-electron chi connectivity index (χ1n) is 5.48. The van der Waals surface area contributed by atoms with E-state index < -0.39 is 16.0 Å². The lowest BCUT2D eigenvalue weighted by atomic mass is 10.2. The fourth-order valence-corrected chi connectivity index (χ4v) is 2.16. The van der Waals surface area contributed by atoms with Crippen molar-refractivity contribution < 1.29 is 17.9 Å². The first-order chi connectivity index (χ1) is 8.25. The number of carbonyl (C=O) groups is 1. The van der Waals surface area contributed by atoms with Crippen molar-refractivity contribution in [3.63, 3.8) is 0 Å². The first kappa shape index (κ1) is 14.7. The van der Waals surface area contributed by atoms with Crippen LogP contribution in [0.15, 0.2) is 29.2 Å². The van der Waals surface area contributed by atoms with Gasteiger partial charge < -0.3 is 4.74 Å². The molecule has 18 heavy (non-hydrogen) atoms. The van der Waals surface area contributed by atoms with Crippen LogP contribution in [0.1, 0.15) is 24.2 Å². The van der Waals surface area contributed by atoms with Gasteiger partial charge in [0.2, 0.25) is 10.0 Å². The fraction of sp³-hybridized carbons (Fsp3) is 0.417. The van der Waals surface area contributed by atoms with E-state index in [-0.39, 0.29) is 11.0 Å². The van der Waals surface area contributed by atoms with Gasteiger partial charge in [-0.25, -0.2) is 17.5 Å². The van der Waals surface area contributed by atoms with Gasteiger partial charge in [-0.3, -0.25) is 0 Å². The largest absolute Gasteiger partial charge is 0.459 e. The second kappa shape index (κ2) is 5.49. The summed E-state index contributed by atoms with van der Waals surface area (Å²) in [4.78, 5) is 11.7. The topological polar surface area (TPSA) is 63.7 Å². The van der Waals surface area contributed by atoms with E-state index in [1.807, 2.05) is 0 Å². The van der Waals surface area contributed by atoms with Crippen molar-refractivity contribution in [1.29, 1.82) is 0 Å². The maximum Gasteiger partial charge on any atom is 0.338 e. The van der Waals surface area contributed by atoms with Gasteiger partial charge in [0.05, 0.1) is 16.6 Å². The van der Waals surface area contributed by atoms with Gasteiger partial charge in [0.25, 0.3) is 0 Å². The van der Waals surface area contributed by atoms with Crippen LogP contribution in [0.5, 0.6) is 0 Å². The first-order valence-corrected chi connectivity index (χ1v) is 6.92. The lowest BCUT2D eigenvalue weighted by Crippen LogP contribution is -2.22. The summed E-state index contributed by atoms with van der Waals surface area (Å²) in [6.07, 6.45) is -0.206. The monoisotopic (exact) mass is 271 g/mol. The highest BCUT2D eigenvalue weighted by molar-refractivity contribution is 7.89. The summed E-state index contributed by atoms with van der Waals surface area (Å²) in [5.41, 5.74) is 0.335. The summed E-state index contributed by atoms with van der Waals surface area (Å²) in [5.74, 6) is -0.459. The molecule has 0 saturated carbocycles. The second-order valence-electron chi connectivity index (χ2n) is 4.27. The summed E-state index contributed by atoms with van der Waals surface area (Å²) < 4.78 is 29.7. The Morgan fingerprint density at radius 3 is 2.06 bits per heavy atom. The quantitative estimate of drug-likeness (QED) is 0.779. The van der Waals surface area contributed by atoms with Gasteiger partial charge >= 0.3 is 5.97 Å². The van der Waals surface area contributed by atoms with E-state index in [0.29, 0.717) is 5.56 Å². The Labute approximate surface area is 107 Å². The van der Waals surface area contributed by atoms with Crippen molar-refractivity contribution in [2.24, 2.45) is 0 Å². The summed E-state index contributed by atoms with van der Waals surface area (Å²) in [6.45, 7) is 3.51. The molecule has 100 valence electrons. The van der Waals surface area contributed by atoms with E-state index in [1.165, 1.54) is 38.4 Å². The molecule has 0 bridgehead atoms. The van der Waals surface area contributed by atoms with Gasteiger partial charge in [-0.05, 0) is 38.1 Å². The molecule has 0 aromatic heterocycles. The number of ether oxygens (including phenoxy) is 1. The number of benzene rings is 1. The van der Waals surface area contributed by atoms with Crippen molar-refractivity contribution in [2.75, 3.05) is 14.1 Å². The molecule has 1 aromatic rings. The number of hydrogen-bond acceptors (Lipinski definition) is 4. The molecule has 5 nitrogen and oxygen atoms in total. The van der Waals surface area contributed by atoms with Crippen molar-refractivity contribution in [3.05, 3.63) is 29.8 Å². The maximum absolute atomic E-state index is 11.8. The predicted molar refractivity (Wildman–Crippen MR) is 67.9 cm³/mol. The predicted octanol–water partition coefficient (Wildman–Crippen LogP) is 1.50. The SMILES string of the molecule is CC(C)OC(=O)c1ccc(S(=O)(=O)N(C)C)cc1. The molecular weight excluding hydrogens is 254 g/mol. The minimum Gasteiger partial charge on any atom is -0.459 e. The molecule has 1 aromatic carbocycles. The molecule has 0 heterocycles. The van der Waals surface area contributed by atoms with E-state index in [4.69, 9.17) is 4.74 Å². The standard InChI is InChI=1S/C12H17NO4S/c1-9(2)17-12(14)10-5-7-11(8-6-10)18(15,16)13(3)4/h5-9H,1-4H3. The highest BCUT2D eigenvalue weighted by Gasteiger charge is 2.17. The third-order valence-electron chi connectivity index (χ3n) is 2.21. The molecule has 0 N–H and O–H groups in total. The Morgan fingerprint density at radius 1 is 1.17 bits per heavy atom. The molecule has 0 aliphatic rings. The number of carbonyl (C=O) groups excluding carboxylic acids is 1. The molecule has 0 aliphatic heterocycles. The Hall–Kier alpha value is -1.40. The highest BCUT2D eigenvalue weighted by atomic mass is 32.2. The fourth-order valence-electron chi connectivity index (χ4n) is 1.26. The molecule has 0 radical (unpaired) electrons. The zero-order valence-electron chi connectivity index (χ0n) is 10.9. The Bertz CT molecular complexity index is 518. The summed E-state index contributed by atoms with van der Waals surface area (Å²) in [6, 6.07) is 5.68. The average molecular weight is 271 g/mol. The number of sulfonamides is 1. The van der Waals surface area contributed by atoms with Crippen LogP contribution in [0.25, 0.3) is 0 Å². The van der Waals surface area contributed by atoms with Gasteiger partial charge in [0.15, 0.2) is 0 Å². The molecule has 1 rings (SSSR count). The maximum atomic E-state index is 11.8. The van der Waals surface area contributed by atoms with Crippen LogP contribution in [-0.2, 0) is 14.8 Å². The van der Waals surface area contributed by atoms with Crippen LogP contribution in [-0.4, -0.2) is 38.9 Å². The number of esters is 1. The zero-order chi connectivity index (χ0) is 13.9. The lowest BCUT2D eigenvalue weighted by molar-refractivity contribution is 0.0378. The molecule has 0 spiro atoms. The third-order valence-corrected chi connectivity index (χ3v) is 4.04. The second-order valence-corrected chi connectivity index (χ2v) is 6.42. The summed E-state index contributed by atoms with van der Waals surface area (Å²) >= 11 is 0. The normalized spacial score (nSPS) is 11.9. The number of nitrogens with zero attached hydrogens (tertiary/aromatic N) is 1. The Balaban J connectivity index is 2.97. The number of rotatable bonds is 4. The van der Waals surface area contributed by atoms with E-state index in [0.717, 1.165) is 4.31 Å². The molecule has 0 saturated heterocycles.